The van der Waals surface area contributed by atoms with E-state index in [1.54, 1.807) is 0 Å². The van der Waals surface area contributed by atoms with Gasteiger partial charge in [0.05, 0.1) is 11.5 Å². The standard InChI is InChI=1S/C12H18N2O2S/c1-10-3-4-11(13)9-12(10)14-5-2-7-17(15,16)8-6-14/h3-4,9H,2,5-8,13H2,1H3. The van der Waals surface area contributed by atoms with E-state index in [9.17, 15) is 8.42 Å². The largest absolute Gasteiger partial charge is 0.399 e. The van der Waals surface area contributed by atoms with Gasteiger partial charge in [-0.25, -0.2) is 8.42 Å². The zero-order chi connectivity index (χ0) is 12.5. The van der Waals surface area contributed by atoms with Crippen LogP contribution in [0.5, 0.6) is 0 Å². The summed E-state index contributed by atoms with van der Waals surface area (Å²) in [4.78, 5) is 2.12. The second kappa shape index (κ2) is 4.56. The Morgan fingerprint density at radius 3 is 2.76 bits per heavy atom. The molecule has 0 aromatic heterocycles. The van der Waals surface area contributed by atoms with E-state index in [2.05, 4.69) is 4.90 Å². The molecule has 5 heteroatoms. The van der Waals surface area contributed by atoms with Crippen LogP contribution in [0.25, 0.3) is 0 Å². The third-order valence-electron chi connectivity index (χ3n) is 3.13. The van der Waals surface area contributed by atoms with Gasteiger partial charge in [-0.3, -0.25) is 0 Å². The lowest BCUT2D eigenvalue weighted by Gasteiger charge is -2.24. The molecule has 0 radical (unpaired) electrons. The number of hydrogen-bond donors (Lipinski definition) is 1. The fourth-order valence-electron chi connectivity index (χ4n) is 2.15. The van der Waals surface area contributed by atoms with Crippen molar-refractivity contribution < 1.29 is 8.42 Å². The molecule has 0 amide bonds. The zero-order valence-corrected chi connectivity index (χ0v) is 10.8. The van der Waals surface area contributed by atoms with E-state index in [1.807, 2.05) is 25.1 Å². The number of benzene rings is 1. The molecule has 1 aromatic rings. The van der Waals surface area contributed by atoms with Crippen molar-refractivity contribution in [2.75, 3.05) is 35.2 Å². The molecule has 1 saturated heterocycles. The van der Waals surface area contributed by atoms with Gasteiger partial charge in [-0.15, -0.1) is 0 Å². The van der Waals surface area contributed by atoms with E-state index in [4.69, 9.17) is 5.73 Å². The molecule has 1 aliphatic heterocycles. The van der Waals surface area contributed by atoms with Crippen molar-refractivity contribution in [3.63, 3.8) is 0 Å². The number of nitrogen functional groups attached to an aromatic ring is 1. The minimum Gasteiger partial charge on any atom is -0.399 e. The lowest BCUT2D eigenvalue weighted by atomic mass is 10.1. The maximum absolute atomic E-state index is 11.5. The van der Waals surface area contributed by atoms with Crippen molar-refractivity contribution in [1.82, 2.24) is 0 Å². The molecule has 0 spiro atoms. The molecule has 1 aliphatic rings. The highest BCUT2D eigenvalue weighted by Gasteiger charge is 2.20. The fourth-order valence-corrected chi connectivity index (χ4v) is 3.42. The molecule has 1 aromatic carbocycles. The van der Waals surface area contributed by atoms with Gasteiger partial charge >= 0.3 is 0 Å². The van der Waals surface area contributed by atoms with Gasteiger partial charge < -0.3 is 10.6 Å². The molecule has 4 nitrogen and oxygen atoms in total. The Morgan fingerprint density at radius 2 is 2.00 bits per heavy atom. The second-order valence-electron chi connectivity index (χ2n) is 4.54. The van der Waals surface area contributed by atoms with Crippen LogP contribution in [-0.4, -0.2) is 33.0 Å². The summed E-state index contributed by atoms with van der Waals surface area (Å²) in [5, 5.41) is 0. The van der Waals surface area contributed by atoms with Crippen LogP contribution in [0.4, 0.5) is 11.4 Å². The Labute approximate surface area is 102 Å². The van der Waals surface area contributed by atoms with Gasteiger partial charge in [0.1, 0.15) is 0 Å². The number of nitrogens with zero attached hydrogens (tertiary/aromatic N) is 1. The molecule has 0 aliphatic carbocycles. The predicted octanol–water partition coefficient (Wildman–Crippen LogP) is 1.20. The predicted molar refractivity (Wildman–Crippen MR) is 71.1 cm³/mol. The SMILES string of the molecule is Cc1ccc(N)cc1N1CCCS(=O)(=O)CC1. The number of aryl methyl sites for hydroxylation is 1. The van der Waals surface area contributed by atoms with Gasteiger partial charge in [0.15, 0.2) is 9.84 Å². The molecule has 0 bridgehead atoms. The average Bonchev–Trinajstić information content (AvgIpc) is 2.43. The van der Waals surface area contributed by atoms with Gasteiger partial charge in [0.25, 0.3) is 0 Å². The van der Waals surface area contributed by atoms with Gasteiger partial charge in [-0.05, 0) is 31.0 Å². The average molecular weight is 254 g/mol. The quantitative estimate of drug-likeness (QED) is 0.765. The highest BCUT2D eigenvalue weighted by molar-refractivity contribution is 7.91. The Morgan fingerprint density at radius 1 is 1.24 bits per heavy atom. The number of nitrogens with two attached hydrogens (primary N) is 1. The molecule has 0 unspecified atom stereocenters. The minimum atomic E-state index is -2.86. The van der Waals surface area contributed by atoms with E-state index >= 15 is 0 Å². The first-order valence-electron chi connectivity index (χ1n) is 5.79. The van der Waals surface area contributed by atoms with Crippen molar-refractivity contribution in [3.05, 3.63) is 23.8 Å². The first-order chi connectivity index (χ1) is 7.98. The summed E-state index contributed by atoms with van der Waals surface area (Å²) in [6.45, 7) is 3.37. The van der Waals surface area contributed by atoms with Crippen LogP contribution in [0.3, 0.4) is 0 Å². The molecule has 17 heavy (non-hydrogen) atoms. The summed E-state index contributed by atoms with van der Waals surface area (Å²) in [5.41, 5.74) is 8.70. The third kappa shape index (κ3) is 2.91. The number of sulfone groups is 1. The van der Waals surface area contributed by atoms with Gasteiger partial charge in [-0.2, -0.15) is 0 Å². The zero-order valence-electron chi connectivity index (χ0n) is 10.0. The van der Waals surface area contributed by atoms with E-state index in [1.165, 1.54) is 0 Å². The normalized spacial score (nSPS) is 19.9. The Balaban J connectivity index is 2.25. The second-order valence-corrected chi connectivity index (χ2v) is 6.84. The third-order valence-corrected chi connectivity index (χ3v) is 4.84. The minimum absolute atomic E-state index is 0.237. The van der Waals surface area contributed by atoms with Crippen LogP contribution < -0.4 is 10.6 Å². The van der Waals surface area contributed by atoms with Gasteiger partial charge in [0, 0.05) is 24.5 Å². The molecule has 0 saturated carbocycles. The number of anilines is 2. The van der Waals surface area contributed by atoms with Gasteiger partial charge in [-0.1, -0.05) is 6.07 Å². The Kier molecular flexibility index (Phi) is 3.28. The van der Waals surface area contributed by atoms with E-state index in [0.29, 0.717) is 18.7 Å². The first-order valence-corrected chi connectivity index (χ1v) is 7.61. The lowest BCUT2D eigenvalue weighted by molar-refractivity contribution is 0.597. The highest BCUT2D eigenvalue weighted by atomic mass is 32.2. The fraction of sp³-hybridized carbons (Fsp3) is 0.500. The Hall–Kier alpha value is -1.23. The van der Waals surface area contributed by atoms with Crippen LogP contribution in [-0.2, 0) is 9.84 Å². The van der Waals surface area contributed by atoms with Crippen molar-refractivity contribution >= 4 is 21.2 Å². The van der Waals surface area contributed by atoms with Crippen LogP contribution in [0.1, 0.15) is 12.0 Å². The van der Waals surface area contributed by atoms with E-state index in [0.717, 1.165) is 23.5 Å². The first kappa shape index (κ1) is 12.2. The summed E-state index contributed by atoms with van der Waals surface area (Å²) in [6, 6.07) is 5.77. The maximum Gasteiger partial charge on any atom is 0.152 e. The molecule has 1 heterocycles. The summed E-state index contributed by atoms with van der Waals surface area (Å²) >= 11 is 0. The molecular weight excluding hydrogens is 236 g/mol. The number of rotatable bonds is 1. The summed E-state index contributed by atoms with van der Waals surface area (Å²) in [6.07, 6.45) is 0.691. The van der Waals surface area contributed by atoms with Crippen LogP contribution in [0.2, 0.25) is 0 Å². The van der Waals surface area contributed by atoms with Crippen LogP contribution >= 0.6 is 0 Å². The van der Waals surface area contributed by atoms with Crippen molar-refractivity contribution in [3.8, 4) is 0 Å². The lowest BCUT2D eigenvalue weighted by Crippen LogP contribution is -2.27. The monoisotopic (exact) mass is 254 g/mol. The van der Waals surface area contributed by atoms with E-state index < -0.39 is 9.84 Å². The topological polar surface area (TPSA) is 63.4 Å². The van der Waals surface area contributed by atoms with E-state index in [-0.39, 0.29) is 5.75 Å². The van der Waals surface area contributed by atoms with Gasteiger partial charge in [0.2, 0.25) is 0 Å². The smallest absolute Gasteiger partial charge is 0.152 e. The molecule has 2 rings (SSSR count). The summed E-state index contributed by atoms with van der Waals surface area (Å²) < 4.78 is 23.1. The van der Waals surface area contributed by atoms with Crippen molar-refractivity contribution in [1.29, 1.82) is 0 Å². The summed E-state index contributed by atoms with van der Waals surface area (Å²) in [5.74, 6) is 0.534. The number of hydrogen-bond acceptors (Lipinski definition) is 4. The van der Waals surface area contributed by atoms with Crippen LogP contribution in [0, 0.1) is 6.92 Å². The van der Waals surface area contributed by atoms with Crippen LogP contribution in [0.15, 0.2) is 18.2 Å². The van der Waals surface area contributed by atoms with Crippen molar-refractivity contribution in [2.24, 2.45) is 0 Å². The summed E-state index contributed by atoms with van der Waals surface area (Å²) in [7, 11) is -2.86. The molecule has 1 fully saturated rings. The molecular formula is C12H18N2O2S. The molecule has 2 N–H and O–H groups in total. The maximum atomic E-state index is 11.5. The molecule has 0 atom stereocenters. The highest BCUT2D eigenvalue weighted by Crippen LogP contribution is 2.24. The Bertz CT molecular complexity index is 511. The van der Waals surface area contributed by atoms with Crippen molar-refractivity contribution in [2.45, 2.75) is 13.3 Å². The molecule has 94 valence electrons.